The van der Waals surface area contributed by atoms with Crippen LogP contribution in [0.4, 0.5) is 14.5 Å². The molecule has 3 rings (SSSR count). The van der Waals surface area contributed by atoms with E-state index in [4.69, 9.17) is 0 Å². The van der Waals surface area contributed by atoms with Gasteiger partial charge in [-0.25, -0.2) is 17.2 Å². The van der Waals surface area contributed by atoms with Crippen molar-refractivity contribution in [2.24, 2.45) is 0 Å². The summed E-state index contributed by atoms with van der Waals surface area (Å²) in [6, 6.07) is 2.23. The maximum atomic E-state index is 13.9. The zero-order valence-electron chi connectivity index (χ0n) is 16.2. The molecule has 1 aliphatic heterocycles. The number of aromatic nitrogens is 2. The van der Waals surface area contributed by atoms with E-state index in [2.05, 4.69) is 5.10 Å². The fraction of sp³-hybridized carbons (Fsp3) is 0.412. The van der Waals surface area contributed by atoms with Crippen LogP contribution >= 0.6 is 0 Å². The number of aryl methyl sites for hydroxylation is 1. The largest absolute Gasteiger partial charge is 0.338 e. The SMILES string of the molecule is Cc1nn(CC(=O)N2CCN(S(=O)(=O)c3ccc(F)cc3F)CC2)c(C)c1[N+](=O)[O-]. The first-order chi connectivity index (χ1) is 14.0. The van der Waals surface area contributed by atoms with Gasteiger partial charge in [0.2, 0.25) is 15.9 Å². The lowest BCUT2D eigenvalue weighted by molar-refractivity contribution is -0.386. The summed E-state index contributed by atoms with van der Waals surface area (Å²) in [6.45, 7) is 2.73. The minimum absolute atomic E-state index is 0.0578. The summed E-state index contributed by atoms with van der Waals surface area (Å²) in [7, 11) is -4.17. The summed E-state index contributed by atoms with van der Waals surface area (Å²) >= 11 is 0. The van der Waals surface area contributed by atoms with Crippen LogP contribution in [0.2, 0.25) is 0 Å². The molecule has 0 N–H and O–H groups in total. The Morgan fingerprint density at radius 2 is 1.83 bits per heavy atom. The van der Waals surface area contributed by atoms with Crippen molar-refractivity contribution < 1.29 is 26.9 Å². The normalized spacial score (nSPS) is 15.4. The number of carbonyl (C=O) groups is 1. The van der Waals surface area contributed by atoms with Crippen LogP contribution in [0.1, 0.15) is 11.4 Å². The Labute approximate surface area is 170 Å². The molecule has 30 heavy (non-hydrogen) atoms. The average molecular weight is 443 g/mol. The van der Waals surface area contributed by atoms with Gasteiger partial charge in [0.15, 0.2) is 0 Å². The first-order valence-electron chi connectivity index (χ1n) is 8.93. The summed E-state index contributed by atoms with van der Waals surface area (Å²) in [6.07, 6.45) is 0. The fourth-order valence-corrected chi connectivity index (χ4v) is 4.80. The highest BCUT2D eigenvalue weighted by Gasteiger charge is 2.32. The van der Waals surface area contributed by atoms with Gasteiger partial charge in [0.25, 0.3) is 0 Å². The van der Waals surface area contributed by atoms with Crippen LogP contribution in [0.25, 0.3) is 0 Å². The number of rotatable bonds is 5. The van der Waals surface area contributed by atoms with E-state index in [0.29, 0.717) is 6.07 Å². The Balaban J connectivity index is 1.67. The molecule has 0 aliphatic carbocycles. The van der Waals surface area contributed by atoms with Crippen LogP contribution in [-0.4, -0.2) is 64.4 Å². The highest BCUT2D eigenvalue weighted by molar-refractivity contribution is 7.89. The van der Waals surface area contributed by atoms with E-state index in [9.17, 15) is 32.1 Å². The molecule has 10 nitrogen and oxygen atoms in total. The van der Waals surface area contributed by atoms with Crippen LogP contribution in [-0.2, 0) is 21.4 Å². The number of piperazine rings is 1. The molecule has 0 radical (unpaired) electrons. The summed E-state index contributed by atoms with van der Waals surface area (Å²) in [5.41, 5.74) is 0.293. The summed E-state index contributed by atoms with van der Waals surface area (Å²) in [5.74, 6) is -2.44. The highest BCUT2D eigenvalue weighted by Crippen LogP contribution is 2.23. The molecule has 0 unspecified atom stereocenters. The molecular formula is C17H19F2N5O5S. The zero-order chi connectivity index (χ0) is 22.2. The molecule has 1 aliphatic rings. The smallest absolute Gasteiger partial charge is 0.312 e. The van der Waals surface area contributed by atoms with E-state index < -0.39 is 31.5 Å². The molecule has 2 heterocycles. The summed E-state index contributed by atoms with van der Waals surface area (Å²) in [4.78, 5) is 23.9. The lowest BCUT2D eigenvalue weighted by Crippen LogP contribution is -2.51. The molecule has 162 valence electrons. The zero-order valence-corrected chi connectivity index (χ0v) is 17.0. The Kier molecular flexibility index (Phi) is 5.85. The summed E-state index contributed by atoms with van der Waals surface area (Å²) in [5, 5.41) is 15.1. The molecule has 1 aromatic carbocycles. The second-order valence-corrected chi connectivity index (χ2v) is 8.70. The topological polar surface area (TPSA) is 119 Å². The third kappa shape index (κ3) is 4.03. The Morgan fingerprint density at radius 1 is 1.20 bits per heavy atom. The van der Waals surface area contributed by atoms with Crippen molar-refractivity contribution in [1.29, 1.82) is 0 Å². The van der Waals surface area contributed by atoms with Crippen LogP contribution in [0.5, 0.6) is 0 Å². The minimum atomic E-state index is -4.17. The van der Waals surface area contributed by atoms with E-state index in [-0.39, 0.29) is 55.7 Å². The predicted molar refractivity (Wildman–Crippen MR) is 100 cm³/mol. The number of hydrogen-bond donors (Lipinski definition) is 0. The molecule has 1 amide bonds. The molecule has 1 fully saturated rings. The predicted octanol–water partition coefficient (Wildman–Crippen LogP) is 1.22. The van der Waals surface area contributed by atoms with Crippen LogP contribution < -0.4 is 0 Å². The second kappa shape index (κ2) is 8.07. The quantitative estimate of drug-likeness (QED) is 0.506. The van der Waals surface area contributed by atoms with Crippen molar-refractivity contribution in [2.45, 2.75) is 25.3 Å². The molecular weight excluding hydrogens is 424 g/mol. The van der Waals surface area contributed by atoms with Gasteiger partial charge in [-0.05, 0) is 26.0 Å². The average Bonchev–Trinajstić information content (AvgIpc) is 2.94. The van der Waals surface area contributed by atoms with Gasteiger partial charge in [0.1, 0.15) is 34.5 Å². The number of benzene rings is 1. The monoisotopic (exact) mass is 443 g/mol. The van der Waals surface area contributed by atoms with E-state index in [0.717, 1.165) is 16.4 Å². The third-order valence-corrected chi connectivity index (χ3v) is 6.85. The number of carbonyl (C=O) groups excluding carboxylic acids is 1. The third-order valence-electron chi connectivity index (χ3n) is 4.91. The first-order valence-corrected chi connectivity index (χ1v) is 10.4. The Morgan fingerprint density at radius 3 is 2.37 bits per heavy atom. The number of halogens is 2. The van der Waals surface area contributed by atoms with Gasteiger partial charge in [-0.3, -0.25) is 19.6 Å². The standard InChI is InChI=1S/C17H19F2N5O5S/c1-11-17(24(26)27)12(2)23(20-11)10-16(25)21-5-7-22(8-6-21)30(28,29)15-4-3-13(18)9-14(15)19/h3-4,9H,5-8,10H2,1-2H3. The highest BCUT2D eigenvalue weighted by atomic mass is 32.2. The molecule has 0 bridgehead atoms. The van der Waals surface area contributed by atoms with Crippen LogP contribution in [0.3, 0.4) is 0 Å². The molecule has 13 heteroatoms. The Bertz CT molecular complexity index is 1110. The maximum Gasteiger partial charge on any atom is 0.312 e. The molecule has 0 saturated carbocycles. The van der Waals surface area contributed by atoms with Crippen molar-refractivity contribution in [3.8, 4) is 0 Å². The van der Waals surface area contributed by atoms with Gasteiger partial charge < -0.3 is 4.90 Å². The van der Waals surface area contributed by atoms with Crippen molar-refractivity contribution in [3.63, 3.8) is 0 Å². The van der Waals surface area contributed by atoms with E-state index in [1.54, 1.807) is 0 Å². The lowest BCUT2D eigenvalue weighted by Gasteiger charge is -2.34. The van der Waals surface area contributed by atoms with Crippen LogP contribution in [0.15, 0.2) is 23.1 Å². The van der Waals surface area contributed by atoms with Gasteiger partial charge >= 0.3 is 5.69 Å². The number of nitro groups is 1. The molecule has 0 spiro atoms. The summed E-state index contributed by atoms with van der Waals surface area (Å²) < 4.78 is 54.5. The van der Waals surface area contributed by atoms with Crippen molar-refractivity contribution >= 4 is 21.6 Å². The lowest BCUT2D eigenvalue weighted by atomic mass is 10.3. The number of nitrogens with zero attached hydrogens (tertiary/aromatic N) is 5. The number of sulfonamides is 1. The van der Waals surface area contributed by atoms with Crippen molar-refractivity contribution in [1.82, 2.24) is 19.0 Å². The molecule has 2 aromatic rings. The fourth-order valence-electron chi connectivity index (χ4n) is 3.34. The van der Waals surface area contributed by atoms with Gasteiger partial charge in [-0.1, -0.05) is 0 Å². The molecule has 0 atom stereocenters. The number of amides is 1. The van der Waals surface area contributed by atoms with E-state index >= 15 is 0 Å². The molecule has 1 saturated heterocycles. The van der Waals surface area contributed by atoms with Gasteiger partial charge in [0.05, 0.1) is 4.92 Å². The second-order valence-electron chi connectivity index (χ2n) is 6.79. The van der Waals surface area contributed by atoms with Gasteiger partial charge in [-0.15, -0.1) is 0 Å². The van der Waals surface area contributed by atoms with E-state index in [1.165, 1.54) is 23.4 Å². The minimum Gasteiger partial charge on any atom is -0.338 e. The van der Waals surface area contributed by atoms with Crippen molar-refractivity contribution in [2.75, 3.05) is 26.2 Å². The maximum absolute atomic E-state index is 13.9. The first kappa shape index (κ1) is 21.8. The number of hydrogen-bond acceptors (Lipinski definition) is 6. The van der Waals surface area contributed by atoms with Gasteiger partial charge in [-0.2, -0.15) is 9.40 Å². The van der Waals surface area contributed by atoms with Crippen LogP contribution in [0, 0.1) is 35.6 Å². The van der Waals surface area contributed by atoms with Crippen molar-refractivity contribution in [3.05, 3.63) is 51.3 Å². The Hall–Kier alpha value is -2.93. The van der Waals surface area contributed by atoms with Gasteiger partial charge in [0, 0.05) is 32.2 Å². The van der Waals surface area contributed by atoms with E-state index in [1.807, 2.05) is 0 Å². The molecule has 1 aromatic heterocycles.